The topological polar surface area (TPSA) is 3.24 Å². The Kier molecular flexibility index (Phi) is 5.07. The zero-order valence-electron chi connectivity index (χ0n) is 12.7. The largest absolute Gasteiger partial charge is 0.296 e. The van der Waals surface area contributed by atoms with Crippen molar-refractivity contribution in [1.29, 1.82) is 0 Å². The zero-order valence-corrected chi connectivity index (χ0v) is 12.7. The molecule has 2 aromatic rings. The van der Waals surface area contributed by atoms with Crippen molar-refractivity contribution in [3.8, 4) is 0 Å². The summed E-state index contributed by atoms with van der Waals surface area (Å²) in [4.78, 5) is 2.70. The third kappa shape index (κ3) is 3.95. The first-order valence-electron chi connectivity index (χ1n) is 8.26. The van der Waals surface area contributed by atoms with Crippen LogP contribution >= 0.6 is 0 Å². The maximum atomic E-state index is 2.70. The maximum Gasteiger partial charge on any atom is 0.0348 e. The van der Waals surface area contributed by atoms with E-state index in [1.165, 1.54) is 56.3 Å². The predicted molar refractivity (Wildman–Crippen MR) is 89.4 cm³/mol. The monoisotopic (exact) mass is 279 g/mol. The first-order valence-corrected chi connectivity index (χ1v) is 8.26. The van der Waals surface area contributed by atoms with Crippen LogP contribution in [0.1, 0.15) is 42.9 Å². The van der Waals surface area contributed by atoms with Gasteiger partial charge in [-0.15, -0.1) is 0 Å². The lowest BCUT2D eigenvalue weighted by atomic mass is 9.95. The van der Waals surface area contributed by atoms with Gasteiger partial charge in [0.2, 0.25) is 0 Å². The molecular weight excluding hydrogens is 254 g/mol. The SMILES string of the molecule is c1ccc(CCCN2CCCCC2c2ccccc2)cc1. The van der Waals surface area contributed by atoms with Crippen LogP contribution in [0.3, 0.4) is 0 Å². The summed E-state index contributed by atoms with van der Waals surface area (Å²) >= 11 is 0. The molecular formula is C20H25N. The van der Waals surface area contributed by atoms with Crippen molar-refractivity contribution in [3.05, 3.63) is 71.8 Å². The summed E-state index contributed by atoms with van der Waals surface area (Å²) in [5.74, 6) is 0. The van der Waals surface area contributed by atoms with Gasteiger partial charge in [0.05, 0.1) is 0 Å². The van der Waals surface area contributed by atoms with Crippen molar-refractivity contribution >= 4 is 0 Å². The van der Waals surface area contributed by atoms with Crippen molar-refractivity contribution in [2.45, 2.75) is 38.1 Å². The quantitative estimate of drug-likeness (QED) is 0.756. The van der Waals surface area contributed by atoms with Crippen LogP contribution in [-0.2, 0) is 6.42 Å². The Hall–Kier alpha value is -1.60. The van der Waals surface area contributed by atoms with E-state index >= 15 is 0 Å². The lowest BCUT2D eigenvalue weighted by molar-refractivity contribution is 0.147. The van der Waals surface area contributed by atoms with Gasteiger partial charge in [-0.25, -0.2) is 0 Å². The van der Waals surface area contributed by atoms with Crippen molar-refractivity contribution < 1.29 is 0 Å². The molecule has 0 radical (unpaired) electrons. The fourth-order valence-corrected chi connectivity index (χ4v) is 3.44. The Balaban J connectivity index is 1.57. The average Bonchev–Trinajstić information content (AvgIpc) is 2.57. The molecule has 1 aliphatic rings. The van der Waals surface area contributed by atoms with E-state index in [-0.39, 0.29) is 0 Å². The molecule has 2 aromatic carbocycles. The summed E-state index contributed by atoms with van der Waals surface area (Å²) < 4.78 is 0. The minimum absolute atomic E-state index is 0.635. The van der Waals surface area contributed by atoms with Gasteiger partial charge >= 0.3 is 0 Å². The van der Waals surface area contributed by atoms with Crippen molar-refractivity contribution in [1.82, 2.24) is 4.90 Å². The van der Waals surface area contributed by atoms with Crippen LogP contribution in [0.4, 0.5) is 0 Å². The molecule has 0 aromatic heterocycles. The number of benzene rings is 2. The number of aryl methyl sites for hydroxylation is 1. The molecule has 1 heterocycles. The lowest BCUT2D eigenvalue weighted by Gasteiger charge is -2.36. The molecule has 21 heavy (non-hydrogen) atoms. The van der Waals surface area contributed by atoms with E-state index in [0.717, 1.165) is 0 Å². The number of hydrogen-bond donors (Lipinski definition) is 0. The fraction of sp³-hybridized carbons (Fsp3) is 0.400. The molecule has 1 atom stereocenters. The smallest absolute Gasteiger partial charge is 0.0348 e. The van der Waals surface area contributed by atoms with Crippen LogP contribution in [0.5, 0.6) is 0 Å². The van der Waals surface area contributed by atoms with Gasteiger partial charge in [0.15, 0.2) is 0 Å². The van der Waals surface area contributed by atoms with Crippen molar-refractivity contribution in [2.75, 3.05) is 13.1 Å². The summed E-state index contributed by atoms with van der Waals surface area (Å²) in [6.07, 6.45) is 6.49. The van der Waals surface area contributed by atoms with Crippen molar-refractivity contribution in [3.63, 3.8) is 0 Å². The van der Waals surface area contributed by atoms with Gasteiger partial charge in [-0.05, 0) is 49.9 Å². The molecule has 0 spiro atoms. The summed E-state index contributed by atoms with van der Waals surface area (Å²) in [5.41, 5.74) is 2.96. The number of hydrogen-bond acceptors (Lipinski definition) is 1. The van der Waals surface area contributed by atoms with Crippen LogP contribution in [0.25, 0.3) is 0 Å². The number of piperidine rings is 1. The molecule has 1 fully saturated rings. The minimum Gasteiger partial charge on any atom is -0.296 e. The lowest BCUT2D eigenvalue weighted by Crippen LogP contribution is -2.34. The second kappa shape index (κ2) is 7.42. The molecule has 0 amide bonds. The van der Waals surface area contributed by atoms with Gasteiger partial charge in [-0.1, -0.05) is 67.1 Å². The summed E-state index contributed by atoms with van der Waals surface area (Å²) in [5, 5.41) is 0. The highest BCUT2D eigenvalue weighted by atomic mass is 15.2. The first-order chi connectivity index (χ1) is 10.4. The Labute approximate surface area is 128 Å². The molecule has 0 N–H and O–H groups in total. The summed E-state index contributed by atoms with van der Waals surface area (Å²) in [7, 11) is 0. The van der Waals surface area contributed by atoms with Gasteiger partial charge in [-0.3, -0.25) is 4.90 Å². The number of likely N-dealkylation sites (tertiary alicyclic amines) is 1. The standard InChI is InChI=1S/C20H25N/c1-3-10-18(11-4-1)12-9-17-21-16-8-7-15-20(21)19-13-5-2-6-14-19/h1-6,10-11,13-14,20H,7-9,12,15-17H2. The van der Waals surface area contributed by atoms with E-state index in [9.17, 15) is 0 Å². The van der Waals surface area contributed by atoms with Crippen LogP contribution in [-0.4, -0.2) is 18.0 Å². The molecule has 1 heteroatoms. The van der Waals surface area contributed by atoms with Gasteiger partial charge in [0.1, 0.15) is 0 Å². The van der Waals surface area contributed by atoms with E-state index in [1.807, 2.05) is 0 Å². The van der Waals surface area contributed by atoms with Gasteiger partial charge in [0, 0.05) is 6.04 Å². The second-order valence-corrected chi connectivity index (χ2v) is 6.05. The Morgan fingerprint density at radius 2 is 1.57 bits per heavy atom. The van der Waals surface area contributed by atoms with Crippen LogP contribution in [0, 0.1) is 0 Å². The highest BCUT2D eigenvalue weighted by Gasteiger charge is 2.22. The van der Waals surface area contributed by atoms with Crippen LogP contribution < -0.4 is 0 Å². The summed E-state index contributed by atoms with van der Waals surface area (Å²) in [6.45, 7) is 2.48. The molecule has 110 valence electrons. The van der Waals surface area contributed by atoms with E-state index in [2.05, 4.69) is 65.6 Å². The van der Waals surface area contributed by atoms with Gasteiger partial charge in [-0.2, -0.15) is 0 Å². The Morgan fingerprint density at radius 3 is 2.33 bits per heavy atom. The van der Waals surface area contributed by atoms with Crippen LogP contribution in [0.2, 0.25) is 0 Å². The average molecular weight is 279 g/mol. The zero-order chi connectivity index (χ0) is 14.3. The molecule has 1 unspecified atom stereocenters. The molecule has 0 bridgehead atoms. The molecule has 0 aliphatic carbocycles. The fourth-order valence-electron chi connectivity index (χ4n) is 3.44. The molecule has 0 saturated carbocycles. The first kappa shape index (κ1) is 14.3. The normalized spacial score (nSPS) is 19.5. The molecule has 3 rings (SSSR count). The molecule has 1 nitrogen and oxygen atoms in total. The highest BCUT2D eigenvalue weighted by Crippen LogP contribution is 2.30. The van der Waals surface area contributed by atoms with E-state index < -0.39 is 0 Å². The van der Waals surface area contributed by atoms with Gasteiger partial charge < -0.3 is 0 Å². The van der Waals surface area contributed by atoms with Crippen molar-refractivity contribution in [2.24, 2.45) is 0 Å². The summed E-state index contributed by atoms with van der Waals surface area (Å²) in [6, 6.07) is 22.5. The highest BCUT2D eigenvalue weighted by molar-refractivity contribution is 5.19. The van der Waals surface area contributed by atoms with E-state index in [1.54, 1.807) is 0 Å². The van der Waals surface area contributed by atoms with Gasteiger partial charge in [0.25, 0.3) is 0 Å². The second-order valence-electron chi connectivity index (χ2n) is 6.05. The van der Waals surface area contributed by atoms with E-state index in [4.69, 9.17) is 0 Å². The Morgan fingerprint density at radius 1 is 0.857 bits per heavy atom. The Bertz CT molecular complexity index is 520. The number of nitrogens with zero attached hydrogens (tertiary/aromatic N) is 1. The third-order valence-corrected chi connectivity index (χ3v) is 4.55. The van der Waals surface area contributed by atoms with E-state index in [0.29, 0.717) is 6.04 Å². The predicted octanol–water partition coefficient (Wildman–Crippen LogP) is 4.85. The maximum absolute atomic E-state index is 2.70. The van der Waals surface area contributed by atoms with Crippen LogP contribution in [0.15, 0.2) is 60.7 Å². The molecule has 1 saturated heterocycles. The third-order valence-electron chi connectivity index (χ3n) is 4.55. The molecule has 1 aliphatic heterocycles. The minimum atomic E-state index is 0.635. The number of rotatable bonds is 5.